The van der Waals surface area contributed by atoms with Gasteiger partial charge in [0, 0.05) is 41.9 Å². The molecular weight excluding hydrogens is 454 g/mol. The smallest absolute Gasteiger partial charge is 0.127 e. The summed E-state index contributed by atoms with van der Waals surface area (Å²) in [6, 6.07) is 28.7. The highest BCUT2D eigenvalue weighted by Crippen LogP contribution is 2.47. The Bertz CT molecular complexity index is 1710. The number of aromatic nitrogens is 1. The zero-order chi connectivity index (χ0) is 25.9. The van der Waals surface area contributed by atoms with Gasteiger partial charge in [0.2, 0.25) is 0 Å². The molecule has 4 nitrogen and oxygen atoms in total. The minimum Gasteiger partial charge on any atom is -0.457 e. The third-order valence-electron chi connectivity index (χ3n) is 7.70. The van der Waals surface area contributed by atoms with Gasteiger partial charge < -0.3 is 19.6 Å². The Balaban J connectivity index is 1.62. The molecule has 0 saturated carbocycles. The Hall–Kier alpha value is -4.31. The maximum atomic E-state index is 8.35. The zero-order valence-electron chi connectivity index (χ0n) is 22.0. The van der Waals surface area contributed by atoms with Crippen molar-refractivity contribution in [2.24, 2.45) is 7.05 Å². The van der Waals surface area contributed by atoms with E-state index in [4.69, 9.17) is 10.1 Å². The maximum Gasteiger partial charge on any atom is 0.127 e. The molecule has 6 rings (SSSR count). The monoisotopic (exact) mass is 485 g/mol. The van der Waals surface area contributed by atoms with Crippen LogP contribution < -0.4 is 15.0 Å². The summed E-state index contributed by atoms with van der Waals surface area (Å²) in [5, 5.41) is 10.1. The third-order valence-corrected chi connectivity index (χ3v) is 7.70. The van der Waals surface area contributed by atoms with Gasteiger partial charge in [-0.1, -0.05) is 48.5 Å². The fraction of sp³-hybridized carbons (Fsp3) is 0.182. The number of aryl methyl sites for hydroxylation is 1. The second kappa shape index (κ2) is 8.38. The van der Waals surface area contributed by atoms with Gasteiger partial charge in [-0.25, -0.2) is 0 Å². The zero-order valence-corrected chi connectivity index (χ0v) is 22.0. The van der Waals surface area contributed by atoms with Crippen LogP contribution in [-0.4, -0.2) is 17.2 Å². The number of para-hydroxylation sites is 1. The summed E-state index contributed by atoms with van der Waals surface area (Å²) in [7, 11) is 4.29. The van der Waals surface area contributed by atoms with Crippen molar-refractivity contribution in [1.29, 1.82) is 5.41 Å². The van der Waals surface area contributed by atoms with Crippen LogP contribution in [-0.2, 0) is 7.05 Å². The predicted octanol–water partition coefficient (Wildman–Crippen LogP) is 7.85. The van der Waals surface area contributed by atoms with Crippen LogP contribution in [0, 0.1) is 5.41 Å². The molecule has 0 atom stereocenters. The van der Waals surface area contributed by atoms with Crippen LogP contribution in [0.5, 0.6) is 11.5 Å². The van der Waals surface area contributed by atoms with Gasteiger partial charge in [0.15, 0.2) is 0 Å². The second-order valence-electron chi connectivity index (χ2n) is 10.5. The number of anilines is 1. The molecule has 0 fully saturated rings. The van der Waals surface area contributed by atoms with E-state index < -0.39 is 0 Å². The number of rotatable bonds is 3. The maximum absolute atomic E-state index is 8.35. The molecule has 4 heteroatoms. The van der Waals surface area contributed by atoms with Crippen molar-refractivity contribution in [3.8, 4) is 33.9 Å². The highest BCUT2D eigenvalue weighted by molar-refractivity contribution is 6.09. The first-order valence-electron chi connectivity index (χ1n) is 12.7. The lowest BCUT2D eigenvalue weighted by Gasteiger charge is -2.41. The molecule has 2 heterocycles. The van der Waals surface area contributed by atoms with Crippen molar-refractivity contribution in [1.82, 2.24) is 4.57 Å². The minimum absolute atomic E-state index is 0.0635. The quantitative estimate of drug-likeness (QED) is 0.264. The molecule has 37 heavy (non-hydrogen) atoms. The second-order valence-corrected chi connectivity index (χ2v) is 10.5. The summed E-state index contributed by atoms with van der Waals surface area (Å²) in [6.45, 7) is 6.72. The normalized spacial score (nSPS) is 14.5. The van der Waals surface area contributed by atoms with Crippen LogP contribution in [0.1, 0.15) is 26.3 Å². The molecule has 1 N–H and O–H groups in total. The van der Waals surface area contributed by atoms with Crippen molar-refractivity contribution in [3.05, 3.63) is 102 Å². The van der Waals surface area contributed by atoms with Crippen molar-refractivity contribution >= 4 is 22.2 Å². The number of benzene rings is 4. The first kappa shape index (κ1) is 23.1. The number of fused-ring (bicyclic) bond motifs is 4. The van der Waals surface area contributed by atoms with Crippen molar-refractivity contribution in [3.63, 3.8) is 0 Å². The van der Waals surface area contributed by atoms with Gasteiger partial charge in [0.25, 0.3) is 0 Å². The molecule has 3 aromatic rings. The lowest BCUT2D eigenvalue weighted by molar-refractivity contribution is 0.483. The van der Waals surface area contributed by atoms with Crippen LogP contribution in [0.3, 0.4) is 0 Å². The lowest BCUT2D eigenvalue weighted by atomic mass is 9.85. The Labute approximate surface area is 217 Å². The summed E-state index contributed by atoms with van der Waals surface area (Å²) in [5.41, 5.74) is 9.37. The van der Waals surface area contributed by atoms with Crippen LogP contribution in [0.4, 0.5) is 5.69 Å². The van der Waals surface area contributed by atoms with Gasteiger partial charge in [-0.2, -0.15) is 0 Å². The highest BCUT2D eigenvalue weighted by atomic mass is 16.5. The number of hydrogen-bond acceptors (Lipinski definition) is 3. The van der Waals surface area contributed by atoms with E-state index in [0.717, 1.165) is 28.3 Å². The van der Waals surface area contributed by atoms with E-state index in [1.807, 2.05) is 54.6 Å². The summed E-state index contributed by atoms with van der Waals surface area (Å²) < 4.78 is 8.32. The molecular formula is C33H31N3O. The summed E-state index contributed by atoms with van der Waals surface area (Å²) in [4.78, 5) is 2.36. The average molecular weight is 486 g/mol. The Kier molecular flexibility index (Phi) is 5.23. The van der Waals surface area contributed by atoms with Crippen LogP contribution in [0.15, 0.2) is 91.0 Å². The van der Waals surface area contributed by atoms with Crippen molar-refractivity contribution in [2.45, 2.75) is 26.3 Å². The van der Waals surface area contributed by atoms with Gasteiger partial charge in [0.05, 0.1) is 22.1 Å². The fourth-order valence-corrected chi connectivity index (χ4v) is 5.72. The summed E-state index contributed by atoms with van der Waals surface area (Å²) in [6.07, 6.45) is 2.36. The number of hydrogen-bond donors (Lipinski definition) is 1. The van der Waals surface area contributed by atoms with Gasteiger partial charge in [-0.05, 0) is 74.4 Å². The van der Waals surface area contributed by atoms with Crippen LogP contribution in [0.2, 0.25) is 0 Å². The largest absolute Gasteiger partial charge is 0.457 e. The molecule has 1 aliphatic carbocycles. The van der Waals surface area contributed by atoms with E-state index in [-0.39, 0.29) is 5.54 Å². The molecule has 2 aliphatic heterocycles. The topological polar surface area (TPSA) is 41.2 Å². The number of allylic oxidation sites excluding steroid dienone is 1. The summed E-state index contributed by atoms with van der Waals surface area (Å²) in [5.74, 6) is 1.63. The van der Waals surface area contributed by atoms with E-state index in [0.29, 0.717) is 5.36 Å². The lowest BCUT2D eigenvalue weighted by Crippen LogP contribution is -2.42. The predicted molar refractivity (Wildman–Crippen MR) is 153 cm³/mol. The highest BCUT2D eigenvalue weighted by Gasteiger charge is 2.31. The molecule has 0 amide bonds. The van der Waals surface area contributed by atoms with Gasteiger partial charge >= 0.3 is 0 Å². The first-order chi connectivity index (χ1) is 17.7. The number of nitrogens with one attached hydrogen (secondary N) is 1. The molecule has 3 aromatic carbocycles. The van der Waals surface area contributed by atoms with E-state index in [1.165, 1.54) is 33.3 Å². The van der Waals surface area contributed by atoms with Crippen molar-refractivity contribution < 1.29 is 4.74 Å². The average Bonchev–Trinajstić information content (AvgIpc) is 2.88. The summed E-state index contributed by atoms with van der Waals surface area (Å²) >= 11 is 0. The molecule has 0 unspecified atom stereocenters. The van der Waals surface area contributed by atoms with E-state index in [2.05, 4.69) is 80.7 Å². The van der Waals surface area contributed by atoms with E-state index >= 15 is 0 Å². The Morgan fingerprint density at radius 1 is 0.784 bits per heavy atom. The van der Waals surface area contributed by atoms with Crippen LogP contribution in [0.25, 0.3) is 38.9 Å². The molecule has 0 saturated heterocycles. The molecule has 184 valence electrons. The van der Waals surface area contributed by atoms with Crippen LogP contribution >= 0.6 is 0 Å². The Morgan fingerprint density at radius 2 is 1.49 bits per heavy atom. The van der Waals surface area contributed by atoms with Gasteiger partial charge in [-0.3, -0.25) is 0 Å². The minimum atomic E-state index is -0.0635. The van der Waals surface area contributed by atoms with Gasteiger partial charge in [-0.15, -0.1) is 0 Å². The standard InChI is InChI=1S/C33H31N3O/c1-21-20-33(2,3)36(5)28-18-17-27-31(22-11-14-25(15-12-22)37-24-9-7-6-8-10-24)26-16-13-23(34)19-29(26)35(4)32(27)30(21)28/h6-20,34H,1-5H3. The SMILES string of the molecule is CC1=CC(C)(C)N(C)c2ccc3c(-c4ccc(Oc5ccccc5)cc4)c4ccc(=N)cc-4n(C)c3c21. The third kappa shape index (κ3) is 3.72. The number of nitrogens with zero attached hydrogens (tertiary/aromatic N) is 2. The fourth-order valence-electron chi connectivity index (χ4n) is 5.72. The molecule has 0 aromatic heterocycles. The Morgan fingerprint density at radius 3 is 2.22 bits per heavy atom. The van der Waals surface area contributed by atoms with E-state index in [9.17, 15) is 0 Å². The van der Waals surface area contributed by atoms with Gasteiger partial charge in [0.1, 0.15) is 11.5 Å². The molecule has 3 aliphatic rings. The van der Waals surface area contributed by atoms with Crippen molar-refractivity contribution in [2.75, 3.05) is 11.9 Å². The number of ether oxygens (including phenoxy) is 1. The molecule has 0 bridgehead atoms. The number of likely N-dealkylation sites (N-methyl/N-ethyl adjacent to an activating group) is 1. The first-order valence-corrected chi connectivity index (χ1v) is 12.7. The van der Waals surface area contributed by atoms with E-state index in [1.54, 1.807) is 0 Å². The molecule has 0 radical (unpaired) electrons. The number of pyridine rings is 1. The molecule has 0 spiro atoms.